The lowest BCUT2D eigenvalue weighted by Crippen LogP contribution is -2.16. The Hall–Kier alpha value is -3.26. The first-order chi connectivity index (χ1) is 13.7. The number of benzene rings is 3. The average molecular weight is 416 g/mol. The maximum atomic E-state index is 13.9. The molecule has 3 aromatic rings. The molecule has 0 aliphatic carbocycles. The maximum absolute atomic E-state index is 13.9. The van der Waals surface area contributed by atoms with Crippen molar-refractivity contribution in [1.82, 2.24) is 0 Å². The van der Waals surface area contributed by atoms with Gasteiger partial charge in [-0.05, 0) is 67.4 Å². The molecule has 0 radical (unpaired) electrons. The maximum Gasteiger partial charge on any atom is 0.261 e. The van der Waals surface area contributed by atoms with Gasteiger partial charge in [0.25, 0.3) is 15.9 Å². The Bertz CT molecular complexity index is 1190. The van der Waals surface area contributed by atoms with E-state index < -0.39 is 27.6 Å². The quantitative estimate of drug-likeness (QED) is 0.637. The Morgan fingerprint density at radius 1 is 0.897 bits per heavy atom. The van der Waals surface area contributed by atoms with E-state index in [1.165, 1.54) is 55.5 Å². The zero-order chi connectivity index (χ0) is 21.2. The van der Waals surface area contributed by atoms with Crippen LogP contribution in [-0.2, 0) is 10.0 Å². The molecule has 0 aromatic heterocycles. The highest BCUT2D eigenvalue weighted by Crippen LogP contribution is 2.21. The standard InChI is InChI=1S/C21H18F2N2O3S/c1-13-6-9-18(22)20(10-13)24-21(26)15-4-3-5-16(11-15)25-29(27,28)17-8-7-14(2)19(23)12-17/h3-12,25H,1-2H3,(H,24,26). The van der Waals surface area contributed by atoms with E-state index in [1.807, 2.05) is 0 Å². The van der Waals surface area contributed by atoms with Crippen LogP contribution in [0, 0.1) is 25.5 Å². The van der Waals surface area contributed by atoms with E-state index in [-0.39, 0.29) is 21.8 Å². The van der Waals surface area contributed by atoms with Crippen LogP contribution in [0.1, 0.15) is 21.5 Å². The predicted octanol–water partition coefficient (Wildman–Crippen LogP) is 4.63. The Kier molecular flexibility index (Phi) is 5.65. The number of hydrogen-bond donors (Lipinski definition) is 2. The second-order valence-corrected chi connectivity index (χ2v) is 8.22. The number of sulfonamides is 1. The van der Waals surface area contributed by atoms with Crippen molar-refractivity contribution in [3.05, 3.63) is 89.0 Å². The molecule has 0 aliphatic heterocycles. The number of hydrogen-bond acceptors (Lipinski definition) is 3. The Morgan fingerprint density at radius 3 is 2.38 bits per heavy atom. The van der Waals surface area contributed by atoms with Crippen LogP contribution in [0.15, 0.2) is 65.6 Å². The van der Waals surface area contributed by atoms with Crippen LogP contribution in [-0.4, -0.2) is 14.3 Å². The summed E-state index contributed by atoms with van der Waals surface area (Å²) in [5, 5.41) is 2.46. The van der Waals surface area contributed by atoms with Crippen molar-refractivity contribution in [3.63, 3.8) is 0 Å². The van der Waals surface area contributed by atoms with Crippen molar-refractivity contribution in [2.45, 2.75) is 18.7 Å². The van der Waals surface area contributed by atoms with Crippen LogP contribution in [0.3, 0.4) is 0 Å². The predicted molar refractivity (Wildman–Crippen MR) is 107 cm³/mol. The minimum Gasteiger partial charge on any atom is -0.319 e. The lowest BCUT2D eigenvalue weighted by molar-refractivity contribution is 0.102. The molecule has 0 atom stereocenters. The Morgan fingerprint density at radius 2 is 1.66 bits per heavy atom. The molecule has 0 fully saturated rings. The van der Waals surface area contributed by atoms with Gasteiger partial charge in [0.2, 0.25) is 0 Å². The largest absolute Gasteiger partial charge is 0.319 e. The number of aryl methyl sites for hydroxylation is 2. The molecule has 0 bridgehead atoms. The van der Waals surface area contributed by atoms with E-state index in [0.717, 1.165) is 11.6 Å². The molecule has 0 saturated heterocycles. The third-order valence-electron chi connectivity index (χ3n) is 4.20. The van der Waals surface area contributed by atoms with Gasteiger partial charge in [0.1, 0.15) is 11.6 Å². The number of rotatable bonds is 5. The highest BCUT2D eigenvalue weighted by atomic mass is 32.2. The molecule has 3 rings (SSSR count). The third kappa shape index (κ3) is 4.78. The number of anilines is 2. The Balaban J connectivity index is 1.82. The molecular weight excluding hydrogens is 398 g/mol. The molecular formula is C21H18F2N2O3S. The molecule has 29 heavy (non-hydrogen) atoms. The van der Waals surface area contributed by atoms with Gasteiger partial charge in [-0.25, -0.2) is 17.2 Å². The van der Waals surface area contributed by atoms with Crippen molar-refractivity contribution in [1.29, 1.82) is 0 Å². The van der Waals surface area contributed by atoms with Gasteiger partial charge in [-0.3, -0.25) is 9.52 Å². The van der Waals surface area contributed by atoms with Gasteiger partial charge in [0.15, 0.2) is 0 Å². The summed E-state index contributed by atoms with van der Waals surface area (Å²) < 4.78 is 54.9. The topological polar surface area (TPSA) is 75.3 Å². The lowest BCUT2D eigenvalue weighted by atomic mass is 10.1. The normalized spacial score (nSPS) is 11.2. The van der Waals surface area contributed by atoms with Gasteiger partial charge in [0.05, 0.1) is 10.6 Å². The molecule has 0 heterocycles. The van der Waals surface area contributed by atoms with Gasteiger partial charge >= 0.3 is 0 Å². The van der Waals surface area contributed by atoms with Crippen LogP contribution in [0.25, 0.3) is 0 Å². The zero-order valence-corrected chi connectivity index (χ0v) is 16.5. The van der Waals surface area contributed by atoms with E-state index in [1.54, 1.807) is 13.0 Å². The van der Waals surface area contributed by atoms with Crippen LogP contribution < -0.4 is 10.0 Å². The summed E-state index contributed by atoms with van der Waals surface area (Å²) in [5.41, 5.74) is 1.36. The SMILES string of the molecule is Cc1ccc(F)c(NC(=O)c2cccc(NS(=O)(=O)c3ccc(C)c(F)c3)c2)c1. The van der Waals surface area contributed by atoms with Gasteiger partial charge in [-0.1, -0.05) is 18.2 Å². The van der Waals surface area contributed by atoms with Crippen molar-refractivity contribution >= 4 is 27.3 Å². The highest BCUT2D eigenvalue weighted by Gasteiger charge is 2.17. The minimum atomic E-state index is -4.05. The smallest absolute Gasteiger partial charge is 0.261 e. The fraction of sp³-hybridized carbons (Fsp3) is 0.0952. The summed E-state index contributed by atoms with van der Waals surface area (Å²) in [6.45, 7) is 3.29. The molecule has 8 heteroatoms. The first-order valence-electron chi connectivity index (χ1n) is 8.62. The fourth-order valence-electron chi connectivity index (χ4n) is 2.61. The molecule has 0 unspecified atom stereocenters. The highest BCUT2D eigenvalue weighted by molar-refractivity contribution is 7.92. The van der Waals surface area contributed by atoms with E-state index >= 15 is 0 Å². The van der Waals surface area contributed by atoms with Gasteiger partial charge in [-0.2, -0.15) is 0 Å². The molecule has 1 amide bonds. The summed E-state index contributed by atoms with van der Waals surface area (Å²) in [6.07, 6.45) is 0. The third-order valence-corrected chi connectivity index (χ3v) is 5.58. The number of halogens is 2. The molecule has 0 saturated carbocycles. The van der Waals surface area contributed by atoms with Crippen molar-refractivity contribution in [2.75, 3.05) is 10.0 Å². The van der Waals surface area contributed by atoms with E-state index in [9.17, 15) is 22.0 Å². The number of carbonyl (C=O) groups excluding carboxylic acids is 1. The molecule has 2 N–H and O–H groups in total. The summed E-state index contributed by atoms with van der Waals surface area (Å²) >= 11 is 0. The van der Waals surface area contributed by atoms with Crippen molar-refractivity contribution < 1.29 is 22.0 Å². The van der Waals surface area contributed by atoms with E-state index in [4.69, 9.17) is 0 Å². The lowest BCUT2D eigenvalue weighted by Gasteiger charge is -2.11. The minimum absolute atomic E-state index is 0.0242. The molecule has 5 nitrogen and oxygen atoms in total. The Labute approximate surface area is 167 Å². The fourth-order valence-corrected chi connectivity index (χ4v) is 3.67. The summed E-state index contributed by atoms with van der Waals surface area (Å²) in [4.78, 5) is 12.2. The first kappa shape index (κ1) is 20.5. The van der Waals surface area contributed by atoms with Crippen LogP contribution >= 0.6 is 0 Å². The summed E-state index contributed by atoms with van der Waals surface area (Å²) in [7, 11) is -4.05. The van der Waals surface area contributed by atoms with Crippen LogP contribution in [0.4, 0.5) is 20.2 Å². The number of carbonyl (C=O) groups is 1. The van der Waals surface area contributed by atoms with Crippen LogP contribution in [0.5, 0.6) is 0 Å². The summed E-state index contributed by atoms with van der Waals surface area (Å²) in [6, 6.07) is 13.6. The zero-order valence-electron chi connectivity index (χ0n) is 15.7. The number of nitrogens with one attached hydrogen (secondary N) is 2. The first-order valence-corrected chi connectivity index (χ1v) is 10.1. The van der Waals surface area contributed by atoms with Crippen molar-refractivity contribution in [2.24, 2.45) is 0 Å². The van der Waals surface area contributed by atoms with Crippen LogP contribution in [0.2, 0.25) is 0 Å². The summed E-state index contributed by atoms with van der Waals surface area (Å²) in [5.74, 6) is -1.82. The van der Waals surface area contributed by atoms with Gasteiger partial charge in [-0.15, -0.1) is 0 Å². The second-order valence-electron chi connectivity index (χ2n) is 6.53. The average Bonchev–Trinajstić information content (AvgIpc) is 2.66. The molecule has 150 valence electrons. The molecule has 0 aliphatic rings. The van der Waals surface area contributed by atoms with E-state index in [2.05, 4.69) is 10.0 Å². The van der Waals surface area contributed by atoms with Crippen molar-refractivity contribution in [3.8, 4) is 0 Å². The monoisotopic (exact) mass is 416 g/mol. The van der Waals surface area contributed by atoms with Gasteiger partial charge in [0, 0.05) is 11.3 Å². The van der Waals surface area contributed by atoms with Gasteiger partial charge < -0.3 is 5.32 Å². The molecule has 3 aromatic carbocycles. The van der Waals surface area contributed by atoms with E-state index in [0.29, 0.717) is 5.56 Å². The number of amides is 1. The second kappa shape index (κ2) is 8.00. The molecule has 0 spiro atoms.